The van der Waals surface area contributed by atoms with Crippen LogP contribution in [0.25, 0.3) is 0 Å². The van der Waals surface area contributed by atoms with Crippen molar-refractivity contribution in [2.75, 3.05) is 16.8 Å². The van der Waals surface area contributed by atoms with Gasteiger partial charge in [0.25, 0.3) is 0 Å². The van der Waals surface area contributed by atoms with Crippen molar-refractivity contribution < 1.29 is 13.2 Å². The zero-order valence-corrected chi connectivity index (χ0v) is 15.5. The molecule has 2 aromatic carbocycles. The molecule has 6 nitrogen and oxygen atoms in total. The Morgan fingerprint density at radius 2 is 1.92 bits per heavy atom. The van der Waals surface area contributed by atoms with Gasteiger partial charge < -0.3 is 10.2 Å². The summed E-state index contributed by atoms with van der Waals surface area (Å²) in [5.41, 5.74) is 3.45. The molecule has 2 unspecified atom stereocenters. The molecule has 2 heterocycles. The third kappa shape index (κ3) is 2.87. The lowest BCUT2D eigenvalue weighted by molar-refractivity contribution is -0.117. The maximum absolute atomic E-state index is 12.8. The fourth-order valence-electron chi connectivity index (χ4n) is 3.87. The van der Waals surface area contributed by atoms with Gasteiger partial charge in [-0.2, -0.15) is 0 Å². The first-order valence-electron chi connectivity index (χ1n) is 8.61. The number of carbonyl (C=O) groups excluding carboxylic acids is 1. The van der Waals surface area contributed by atoms with E-state index < -0.39 is 10.0 Å². The van der Waals surface area contributed by atoms with E-state index in [0.29, 0.717) is 13.0 Å². The molecule has 136 valence electrons. The highest BCUT2D eigenvalue weighted by Crippen LogP contribution is 2.36. The Bertz CT molecular complexity index is 987. The van der Waals surface area contributed by atoms with Crippen molar-refractivity contribution in [1.82, 2.24) is 4.72 Å². The molecule has 2 N–H and O–H groups in total. The fraction of sp³-hybridized carbons (Fsp3) is 0.316. The summed E-state index contributed by atoms with van der Waals surface area (Å²) in [4.78, 5) is 14.7. The Labute approximate surface area is 153 Å². The number of benzene rings is 2. The minimum atomic E-state index is -3.64. The van der Waals surface area contributed by atoms with Crippen LogP contribution >= 0.6 is 0 Å². The van der Waals surface area contributed by atoms with Crippen LogP contribution in [0.5, 0.6) is 0 Å². The first-order valence-corrected chi connectivity index (χ1v) is 10.1. The van der Waals surface area contributed by atoms with Gasteiger partial charge in [-0.1, -0.05) is 29.8 Å². The molecule has 4 rings (SSSR count). The molecule has 0 saturated carbocycles. The zero-order chi connectivity index (χ0) is 18.5. The van der Waals surface area contributed by atoms with Crippen LogP contribution in [-0.4, -0.2) is 33.0 Å². The molecule has 26 heavy (non-hydrogen) atoms. The van der Waals surface area contributed by atoms with Crippen molar-refractivity contribution in [3.63, 3.8) is 0 Å². The van der Waals surface area contributed by atoms with Gasteiger partial charge in [0.05, 0.1) is 16.3 Å². The minimum Gasteiger partial charge on any atom is -0.356 e. The standard InChI is InChI=1S/C19H21N3O3S/c1-12-7-8-18(13(2)9-12)26(24,25)21-14-10-17-19(23)20-15-5-3-4-6-16(15)22(17)11-14/h3-9,14,17,21H,10-11H2,1-2H3,(H,20,23). The monoisotopic (exact) mass is 371 g/mol. The van der Waals surface area contributed by atoms with Gasteiger partial charge >= 0.3 is 0 Å². The van der Waals surface area contributed by atoms with E-state index in [1.807, 2.05) is 42.2 Å². The molecule has 2 atom stereocenters. The van der Waals surface area contributed by atoms with Crippen LogP contribution in [0.3, 0.4) is 0 Å². The molecule has 0 bridgehead atoms. The second-order valence-electron chi connectivity index (χ2n) is 7.00. The molecule has 1 amide bonds. The second-order valence-corrected chi connectivity index (χ2v) is 8.68. The number of carbonyl (C=O) groups is 1. The number of nitrogens with zero attached hydrogens (tertiary/aromatic N) is 1. The third-order valence-corrected chi connectivity index (χ3v) is 6.70. The number of aryl methyl sites for hydroxylation is 2. The van der Waals surface area contributed by atoms with Crippen LogP contribution in [0, 0.1) is 13.8 Å². The van der Waals surface area contributed by atoms with Gasteiger partial charge in [0.15, 0.2) is 0 Å². The lowest BCUT2D eigenvalue weighted by atomic mass is 10.1. The summed E-state index contributed by atoms with van der Waals surface area (Å²) in [5, 5.41) is 2.90. The SMILES string of the molecule is Cc1ccc(S(=O)(=O)NC2CC3C(=O)Nc4ccccc4N3C2)c(C)c1. The smallest absolute Gasteiger partial charge is 0.247 e. The van der Waals surface area contributed by atoms with E-state index in [4.69, 9.17) is 0 Å². The Hall–Kier alpha value is -2.38. The molecule has 2 aromatic rings. The quantitative estimate of drug-likeness (QED) is 0.867. The lowest BCUT2D eigenvalue weighted by Gasteiger charge is -2.32. The number of fused-ring (bicyclic) bond motifs is 3. The maximum atomic E-state index is 12.8. The van der Waals surface area contributed by atoms with Gasteiger partial charge in [-0.25, -0.2) is 13.1 Å². The topological polar surface area (TPSA) is 78.5 Å². The number of rotatable bonds is 3. The molecular formula is C19H21N3O3S. The van der Waals surface area contributed by atoms with Gasteiger partial charge in [-0.15, -0.1) is 0 Å². The molecule has 0 aliphatic carbocycles. The number of amides is 1. The van der Waals surface area contributed by atoms with E-state index in [1.165, 1.54) is 0 Å². The van der Waals surface area contributed by atoms with Crippen LogP contribution in [0.15, 0.2) is 47.4 Å². The maximum Gasteiger partial charge on any atom is 0.247 e. The number of anilines is 2. The van der Waals surface area contributed by atoms with Crippen LogP contribution in [0.1, 0.15) is 17.5 Å². The summed E-state index contributed by atoms with van der Waals surface area (Å²) < 4.78 is 28.4. The minimum absolute atomic E-state index is 0.0862. The first kappa shape index (κ1) is 17.1. The van der Waals surface area contributed by atoms with E-state index in [-0.39, 0.29) is 22.9 Å². The summed E-state index contributed by atoms with van der Waals surface area (Å²) in [6.07, 6.45) is 0.449. The van der Waals surface area contributed by atoms with E-state index in [0.717, 1.165) is 22.5 Å². The summed E-state index contributed by atoms with van der Waals surface area (Å²) in [6, 6.07) is 12.2. The molecule has 1 fully saturated rings. The molecule has 2 aliphatic rings. The Morgan fingerprint density at radius 3 is 2.69 bits per heavy atom. The van der Waals surface area contributed by atoms with Crippen LogP contribution in [-0.2, 0) is 14.8 Å². The number of hydrogen-bond donors (Lipinski definition) is 2. The highest BCUT2D eigenvalue weighted by Gasteiger charge is 2.42. The lowest BCUT2D eigenvalue weighted by Crippen LogP contribution is -2.44. The number of hydrogen-bond acceptors (Lipinski definition) is 4. The molecule has 0 aromatic heterocycles. The highest BCUT2D eigenvalue weighted by atomic mass is 32.2. The van der Waals surface area contributed by atoms with Crippen molar-refractivity contribution >= 4 is 27.3 Å². The molecule has 0 radical (unpaired) electrons. The van der Waals surface area contributed by atoms with Crippen molar-refractivity contribution in [3.05, 3.63) is 53.6 Å². The Morgan fingerprint density at radius 1 is 1.15 bits per heavy atom. The van der Waals surface area contributed by atoms with E-state index in [9.17, 15) is 13.2 Å². The van der Waals surface area contributed by atoms with E-state index in [2.05, 4.69) is 10.0 Å². The number of sulfonamides is 1. The molecular weight excluding hydrogens is 350 g/mol. The average Bonchev–Trinajstić information content (AvgIpc) is 2.98. The van der Waals surface area contributed by atoms with Crippen LogP contribution in [0.2, 0.25) is 0 Å². The fourth-order valence-corrected chi connectivity index (χ4v) is 5.33. The average molecular weight is 371 g/mol. The predicted octanol–water partition coefficient (Wildman–Crippen LogP) is 2.18. The molecule has 7 heteroatoms. The van der Waals surface area contributed by atoms with E-state index in [1.54, 1.807) is 19.1 Å². The predicted molar refractivity (Wildman–Crippen MR) is 101 cm³/mol. The van der Waals surface area contributed by atoms with Crippen molar-refractivity contribution in [3.8, 4) is 0 Å². The van der Waals surface area contributed by atoms with Crippen LogP contribution < -0.4 is 14.9 Å². The Balaban J connectivity index is 1.59. The Kier molecular flexibility index (Phi) is 4.00. The largest absolute Gasteiger partial charge is 0.356 e. The van der Waals surface area contributed by atoms with Gasteiger partial charge in [0.1, 0.15) is 6.04 Å². The van der Waals surface area contributed by atoms with Crippen molar-refractivity contribution in [1.29, 1.82) is 0 Å². The van der Waals surface area contributed by atoms with Crippen molar-refractivity contribution in [2.24, 2.45) is 0 Å². The first-order chi connectivity index (χ1) is 12.3. The van der Waals surface area contributed by atoms with Gasteiger partial charge in [0.2, 0.25) is 15.9 Å². The summed E-state index contributed by atoms with van der Waals surface area (Å²) in [7, 11) is -3.64. The second kappa shape index (κ2) is 6.10. The third-order valence-electron chi connectivity index (χ3n) is 5.02. The highest BCUT2D eigenvalue weighted by molar-refractivity contribution is 7.89. The van der Waals surface area contributed by atoms with Gasteiger partial charge in [-0.3, -0.25) is 4.79 Å². The number of para-hydroxylation sites is 2. The molecule has 1 saturated heterocycles. The normalized spacial score (nSPS) is 21.9. The molecule has 2 aliphatic heterocycles. The number of nitrogens with one attached hydrogen (secondary N) is 2. The zero-order valence-electron chi connectivity index (χ0n) is 14.7. The summed E-state index contributed by atoms with van der Waals surface area (Å²) in [6.45, 7) is 4.20. The van der Waals surface area contributed by atoms with Gasteiger partial charge in [0, 0.05) is 12.6 Å². The summed E-state index contributed by atoms with van der Waals surface area (Å²) in [5.74, 6) is -0.0862. The van der Waals surface area contributed by atoms with Crippen molar-refractivity contribution in [2.45, 2.75) is 37.2 Å². The van der Waals surface area contributed by atoms with Crippen LogP contribution in [0.4, 0.5) is 11.4 Å². The van der Waals surface area contributed by atoms with E-state index >= 15 is 0 Å². The van der Waals surface area contributed by atoms with Gasteiger partial charge in [-0.05, 0) is 44.0 Å². The summed E-state index contributed by atoms with van der Waals surface area (Å²) >= 11 is 0. The molecule has 0 spiro atoms.